The number of benzene rings is 2. The van der Waals surface area contributed by atoms with Gasteiger partial charge in [0.1, 0.15) is 0 Å². The highest BCUT2D eigenvalue weighted by Gasteiger charge is 2.24. The largest absolute Gasteiger partial charge is 0.280 e. The first-order valence-corrected chi connectivity index (χ1v) is 11.2. The van der Waals surface area contributed by atoms with Crippen LogP contribution in [-0.2, 0) is 20.0 Å². The van der Waals surface area contributed by atoms with Gasteiger partial charge in [-0.3, -0.25) is 4.72 Å². The van der Waals surface area contributed by atoms with Crippen molar-refractivity contribution in [3.63, 3.8) is 0 Å². The molecule has 2 aromatic carbocycles. The lowest BCUT2D eigenvalue weighted by atomic mass is 10.2. The van der Waals surface area contributed by atoms with Gasteiger partial charge in [-0.25, -0.2) is 21.6 Å². The number of rotatable bonds is 8. The SMILES string of the molecule is O=S(=O)(C=Cc1ccccc1)Nc1ccc(S(=O)(=O)NCC2CC2)cc1. The van der Waals surface area contributed by atoms with E-state index in [0.717, 1.165) is 23.8 Å². The van der Waals surface area contributed by atoms with Gasteiger partial charge in [0, 0.05) is 12.2 Å². The van der Waals surface area contributed by atoms with Crippen LogP contribution in [0.2, 0.25) is 0 Å². The Morgan fingerprint density at radius 3 is 2.19 bits per heavy atom. The van der Waals surface area contributed by atoms with E-state index in [4.69, 9.17) is 0 Å². The Morgan fingerprint density at radius 2 is 1.58 bits per heavy atom. The van der Waals surface area contributed by atoms with Crippen LogP contribution in [-0.4, -0.2) is 23.4 Å². The Kier molecular flexibility index (Phi) is 5.45. The van der Waals surface area contributed by atoms with Gasteiger partial charge in [-0.05, 0) is 54.7 Å². The fourth-order valence-electron chi connectivity index (χ4n) is 2.27. The number of sulfonamides is 2. The third kappa shape index (κ3) is 5.42. The number of hydrogen-bond acceptors (Lipinski definition) is 4. The standard InChI is InChI=1S/C18H20N2O4S2/c21-25(22,13-12-15-4-2-1-3-5-15)20-17-8-10-18(11-9-17)26(23,24)19-14-16-6-7-16/h1-5,8-13,16,19-20H,6-7,14H2. The summed E-state index contributed by atoms with van der Waals surface area (Å²) in [6, 6.07) is 14.7. The van der Waals surface area contributed by atoms with Gasteiger partial charge >= 0.3 is 0 Å². The molecule has 6 nitrogen and oxygen atoms in total. The summed E-state index contributed by atoms with van der Waals surface area (Å²) in [5.74, 6) is 0.437. The maximum Gasteiger partial charge on any atom is 0.255 e. The van der Waals surface area contributed by atoms with Crippen molar-refractivity contribution in [2.75, 3.05) is 11.3 Å². The molecule has 1 aliphatic rings. The van der Waals surface area contributed by atoms with E-state index < -0.39 is 20.0 Å². The smallest absolute Gasteiger partial charge is 0.255 e. The molecule has 0 unspecified atom stereocenters. The first kappa shape index (κ1) is 18.6. The maximum atomic E-state index is 12.2. The van der Waals surface area contributed by atoms with Gasteiger partial charge in [0.05, 0.1) is 10.3 Å². The second-order valence-electron chi connectivity index (χ2n) is 6.18. The van der Waals surface area contributed by atoms with E-state index in [9.17, 15) is 16.8 Å². The van der Waals surface area contributed by atoms with Crippen molar-refractivity contribution in [2.45, 2.75) is 17.7 Å². The highest BCUT2D eigenvalue weighted by atomic mass is 32.2. The Bertz CT molecular complexity index is 979. The summed E-state index contributed by atoms with van der Waals surface area (Å²) in [6.07, 6.45) is 3.60. The zero-order chi connectivity index (χ0) is 18.6. The van der Waals surface area contributed by atoms with Crippen LogP contribution < -0.4 is 9.44 Å². The van der Waals surface area contributed by atoms with Crippen LogP contribution in [0.1, 0.15) is 18.4 Å². The van der Waals surface area contributed by atoms with E-state index in [0.29, 0.717) is 18.2 Å². The van der Waals surface area contributed by atoms with Gasteiger partial charge in [0.25, 0.3) is 10.0 Å². The fourth-order valence-corrected chi connectivity index (χ4v) is 4.25. The molecule has 0 spiro atoms. The lowest BCUT2D eigenvalue weighted by Gasteiger charge is -2.08. The molecule has 0 radical (unpaired) electrons. The third-order valence-electron chi connectivity index (χ3n) is 3.92. The lowest BCUT2D eigenvalue weighted by Crippen LogP contribution is -2.25. The number of hydrogen-bond donors (Lipinski definition) is 2. The van der Waals surface area contributed by atoms with Crippen LogP contribution >= 0.6 is 0 Å². The van der Waals surface area contributed by atoms with Crippen molar-refractivity contribution in [1.29, 1.82) is 0 Å². The lowest BCUT2D eigenvalue weighted by molar-refractivity contribution is 0.577. The first-order valence-electron chi connectivity index (χ1n) is 8.20. The fraction of sp³-hybridized carbons (Fsp3) is 0.222. The average molecular weight is 393 g/mol. The summed E-state index contributed by atoms with van der Waals surface area (Å²) >= 11 is 0. The van der Waals surface area contributed by atoms with Crippen LogP contribution in [0.25, 0.3) is 6.08 Å². The van der Waals surface area contributed by atoms with Crippen LogP contribution in [0.4, 0.5) is 5.69 Å². The highest BCUT2D eigenvalue weighted by molar-refractivity contribution is 7.95. The molecule has 0 bridgehead atoms. The van der Waals surface area contributed by atoms with Crippen molar-refractivity contribution in [3.05, 3.63) is 65.6 Å². The molecule has 0 saturated heterocycles. The topological polar surface area (TPSA) is 92.3 Å². The van der Waals surface area contributed by atoms with E-state index in [1.807, 2.05) is 18.2 Å². The Labute approximate surface area is 154 Å². The van der Waals surface area contributed by atoms with Gasteiger partial charge in [0.2, 0.25) is 10.0 Å². The first-order chi connectivity index (χ1) is 12.3. The van der Waals surface area contributed by atoms with E-state index >= 15 is 0 Å². The minimum atomic E-state index is -3.69. The summed E-state index contributed by atoms with van der Waals surface area (Å²) in [5, 5.41) is 1.07. The molecular weight excluding hydrogens is 372 g/mol. The van der Waals surface area contributed by atoms with Crippen molar-refractivity contribution in [1.82, 2.24) is 4.72 Å². The Morgan fingerprint density at radius 1 is 0.923 bits per heavy atom. The second-order valence-corrected chi connectivity index (χ2v) is 9.51. The van der Waals surface area contributed by atoms with Crippen LogP contribution in [0, 0.1) is 5.92 Å². The van der Waals surface area contributed by atoms with E-state index in [1.165, 1.54) is 30.3 Å². The summed E-state index contributed by atoms with van der Waals surface area (Å²) in [7, 11) is -7.25. The molecule has 26 heavy (non-hydrogen) atoms. The minimum absolute atomic E-state index is 0.112. The summed E-state index contributed by atoms with van der Waals surface area (Å²) in [5.41, 5.74) is 1.06. The minimum Gasteiger partial charge on any atom is -0.280 e. The molecule has 2 N–H and O–H groups in total. The Hall–Kier alpha value is -2.16. The molecule has 1 saturated carbocycles. The van der Waals surface area contributed by atoms with Crippen LogP contribution in [0.3, 0.4) is 0 Å². The summed E-state index contributed by atoms with van der Waals surface area (Å²) in [6.45, 7) is 0.445. The molecule has 8 heteroatoms. The third-order valence-corrected chi connectivity index (χ3v) is 6.38. The van der Waals surface area contributed by atoms with Gasteiger partial charge in [-0.1, -0.05) is 30.3 Å². The zero-order valence-electron chi connectivity index (χ0n) is 14.0. The summed E-state index contributed by atoms with van der Waals surface area (Å²) in [4.78, 5) is 0.112. The van der Waals surface area contributed by atoms with E-state index in [1.54, 1.807) is 12.1 Å². The average Bonchev–Trinajstić information content (AvgIpc) is 3.44. The van der Waals surface area contributed by atoms with Gasteiger partial charge in [0.15, 0.2) is 0 Å². The normalized spacial score (nSPS) is 15.2. The van der Waals surface area contributed by atoms with Gasteiger partial charge in [-0.15, -0.1) is 0 Å². The molecule has 0 heterocycles. The number of nitrogens with one attached hydrogen (secondary N) is 2. The molecule has 0 amide bonds. The maximum absolute atomic E-state index is 12.2. The van der Waals surface area contributed by atoms with Crippen LogP contribution in [0.5, 0.6) is 0 Å². The van der Waals surface area contributed by atoms with Crippen molar-refractivity contribution >= 4 is 31.8 Å². The molecule has 138 valence electrons. The van der Waals surface area contributed by atoms with Crippen molar-refractivity contribution < 1.29 is 16.8 Å². The van der Waals surface area contributed by atoms with Gasteiger partial charge in [-0.2, -0.15) is 0 Å². The number of anilines is 1. The zero-order valence-corrected chi connectivity index (χ0v) is 15.6. The molecule has 2 aromatic rings. The van der Waals surface area contributed by atoms with Gasteiger partial charge < -0.3 is 0 Å². The van der Waals surface area contributed by atoms with Crippen molar-refractivity contribution in [2.24, 2.45) is 5.92 Å². The molecule has 0 aliphatic heterocycles. The molecule has 0 atom stereocenters. The molecule has 1 fully saturated rings. The predicted molar refractivity (Wildman–Crippen MR) is 102 cm³/mol. The molecular formula is C18H20N2O4S2. The Balaban J connectivity index is 1.65. The summed E-state index contributed by atoms with van der Waals surface area (Å²) < 4.78 is 53.5. The monoisotopic (exact) mass is 392 g/mol. The quantitative estimate of drug-likeness (QED) is 0.722. The molecule has 0 aromatic heterocycles. The molecule has 1 aliphatic carbocycles. The van der Waals surface area contributed by atoms with Crippen LogP contribution in [0.15, 0.2) is 64.9 Å². The predicted octanol–water partition coefficient (Wildman–Crippen LogP) is 2.79. The molecule has 3 rings (SSSR count). The van der Waals surface area contributed by atoms with E-state index in [2.05, 4.69) is 9.44 Å². The second kappa shape index (κ2) is 7.61. The van der Waals surface area contributed by atoms with Crippen molar-refractivity contribution in [3.8, 4) is 0 Å². The highest BCUT2D eigenvalue weighted by Crippen LogP contribution is 2.28. The van der Waals surface area contributed by atoms with E-state index in [-0.39, 0.29) is 4.90 Å².